The molecule has 0 fully saturated rings. The van der Waals surface area contributed by atoms with Crippen molar-refractivity contribution in [2.24, 2.45) is 5.92 Å². The molecule has 0 saturated heterocycles. The fraction of sp³-hybridized carbons (Fsp3) is 0.889. The normalized spacial score (nSPS) is 14.1. The lowest BCUT2D eigenvalue weighted by molar-refractivity contribution is -0.120. The van der Waals surface area contributed by atoms with Gasteiger partial charge in [0, 0.05) is 11.7 Å². The second kappa shape index (κ2) is 5.37. The molecule has 0 N–H and O–H groups in total. The minimum absolute atomic E-state index is 0.00736. The van der Waals surface area contributed by atoms with Crippen molar-refractivity contribution in [3.8, 4) is 0 Å². The van der Waals surface area contributed by atoms with E-state index in [2.05, 4.69) is 0 Å². The number of hydrogen-bond acceptors (Lipinski definition) is 3. The third-order valence-electron chi connectivity index (χ3n) is 2.23. The highest BCUT2D eigenvalue weighted by molar-refractivity contribution is 7.91. The Labute approximate surface area is 80.4 Å². The number of carbonyl (C=O) groups excluding carboxylic acids is 1. The average Bonchev–Trinajstić information content (AvgIpc) is 2.04. The maximum atomic E-state index is 11.1. The summed E-state index contributed by atoms with van der Waals surface area (Å²) in [6.07, 6.45) is 1.27. The third-order valence-corrected chi connectivity index (χ3v) is 4.02. The molecule has 78 valence electrons. The van der Waals surface area contributed by atoms with Crippen LogP contribution in [0.1, 0.15) is 33.6 Å². The first-order valence-corrected chi connectivity index (χ1v) is 6.42. The first-order valence-electron chi connectivity index (χ1n) is 4.60. The molecule has 0 aliphatic heterocycles. The Balaban J connectivity index is 3.75. The molecule has 0 rings (SSSR count). The molecule has 0 aromatic rings. The van der Waals surface area contributed by atoms with Gasteiger partial charge in [0.25, 0.3) is 0 Å². The van der Waals surface area contributed by atoms with Crippen molar-refractivity contribution < 1.29 is 13.2 Å². The van der Waals surface area contributed by atoms with Gasteiger partial charge in [-0.3, -0.25) is 4.79 Å². The first-order chi connectivity index (χ1) is 5.89. The van der Waals surface area contributed by atoms with Crippen molar-refractivity contribution in [2.45, 2.75) is 33.6 Å². The zero-order valence-corrected chi connectivity index (χ0v) is 9.36. The quantitative estimate of drug-likeness (QED) is 0.660. The van der Waals surface area contributed by atoms with Gasteiger partial charge in [0.1, 0.15) is 15.6 Å². The minimum atomic E-state index is -2.85. The van der Waals surface area contributed by atoms with E-state index in [1.807, 2.05) is 6.92 Å². The van der Waals surface area contributed by atoms with E-state index in [0.29, 0.717) is 12.8 Å². The highest BCUT2D eigenvalue weighted by atomic mass is 32.2. The van der Waals surface area contributed by atoms with Crippen LogP contribution in [0.5, 0.6) is 0 Å². The highest BCUT2D eigenvalue weighted by Gasteiger charge is 2.11. The molecular weight excluding hydrogens is 188 g/mol. The van der Waals surface area contributed by atoms with Gasteiger partial charge in [-0.15, -0.1) is 0 Å². The van der Waals surface area contributed by atoms with Crippen LogP contribution in [-0.2, 0) is 14.6 Å². The maximum Gasteiger partial charge on any atom is 0.150 e. The van der Waals surface area contributed by atoms with E-state index in [-0.39, 0.29) is 23.2 Å². The summed E-state index contributed by atoms with van der Waals surface area (Å²) < 4.78 is 22.1. The Kier molecular flexibility index (Phi) is 5.21. The fourth-order valence-corrected chi connectivity index (χ4v) is 1.85. The van der Waals surface area contributed by atoms with Gasteiger partial charge in [-0.2, -0.15) is 0 Å². The van der Waals surface area contributed by atoms with Crippen LogP contribution in [0.25, 0.3) is 0 Å². The summed E-state index contributed by atoms with van der Waals surface area (Å²) in [5.41, 5.74) is 0. The van der Waals surface area contributed by atoms with Crippen LogP contribution >= 0.6 is 0 Å². The molecular formula is C9H18O3S. The lowest BCUT2D eigenvalue weighted by Crippen LogP contribution is -2.12. The lowest BCUT2D eigenvalue weighted by Gasteiger charge is -2.06. The van der Waals surface area contributed by atoms with Crippen molar-refractivity contribution >= 4 is 15.6 Å². The van der Waals surface area contributed by atoms with Crippen molar-refractivity contribution in [3.05, 3.63) is 0 Å². The second-order valence-electron chi connectivity index (χ2n) is 3.39. The van der Waals surface area contributed by atoms with E-state index in [0.717, 1.165) is 0 Å². The lowest BCUT2D eigenvalue weighted by atomic mass is 10.0. The molecule has 4 heteroatoms. The molecule has 3 nitrogen and oxygen atoms in total. The molecule has 0 amide bonds. The van der Waals surface area contributed by atoms with Crippen LogP contribution in [0, 0.1) is 5.92 Å². The van der Waals surface area contributed by atoms with E-state index in [4.69, 9.17) is 0 Å². The Hall–Kier alpha value is -0.380. The second-order valence-corrected chi connectivity index (χ2v) is 5.86. The van der Waals surface area contributed by atoms with Crippen molar-refractivity contribution in [1.82, 2.24) is 0 Å². The topological polar surface area (TPSA) is 51.2 Å². The number of sulfone groups is 1. The Morgan fingerprint density at radius 2 is 1.92 bits per heavy atom. The van der Waals surface area contributed by atoms with Gasteiger partial charge in [0.05, 0.1) is 5.75 Å². The number of Topliss-reactive ketones (excluding diaryl/α,β-unsaturated/α-hetero) is 1. The Morgan fingerprint density at radius 1 is 1.38 bits per heavy atom. The van der Waals surface area contributed by atoms with Gasteiger partial charge in [-0.1, -0.05) is 13.8 Å². The molecule has 0 aromatic heterocycles. The van der Waals surface area contributed by atoms with Crippen LogP contribution < -0.4 is 0 Å². The monoisotopic (exact) mass is 206 g/mol. The third kappa shape index (κ3) is 5.80. The van der Waals surface area contributed by atoms with Gasteiger partial charge in [0.15, 0.2) is 0 Å². The SMILES string of the molecule is CCS(=O)(=O)CCCC(C)C(C)=O. The summed E-state index contributed by atoms with van der Waals surface area (Å²) in [6, 6.07) is 0. The van der Waals surface area contributed by atoms with Crippen LogP contribution in [0.15, 0.2) is 0 Å². The van der Waals surface area contributed by atoms with Gasteiger partial charge in [-0.25, -0.2) is 8.42 Å². The van der Waals surface area contributed by atoms with Gasteiger partial charge in [0.2, 0.25) is 0 Å². The molecule has 0 aliphatic carbocycles. The van der Waals surface area contributed by atoms with Crippen molar-refractivity contribution in [2.75, 3.05) is 11.5 Å². The molecule has 0 bridgehead atoms. The molecule has 1 atom stereocenters. The summed E-state index contributed by atoms with van der Waals surface area (Å²) in [5, 5.41) is 0. The first kappa shape index (κ1) is 12.6. The van der Waals surface area contributed by atoms with E-state index < -0.39 is 9.84 Å². The van der Waals surface area contributed by atoms with Crippen LogP contribution in [0.4, 0.5) is 0 Å². The average molecular weight is 206 g/mol. The number of carbonyl (C=O) groups is 1. The Morgan fingerprint density at radius 3 is 2.31 bits per heavy atom. The molecule has 0 heterocycles. The molecule has 0 aliphatic rings. The predicted molar refractivity (Wildman–Crippen MR) is 53.4 cm³/mol. The van der Waals surface area contributed by atoms with Gasteiger partial charge >= 0.3 is 0 Å². The van der Waals surface area contributed by atoms with E-state index in [1.165, 1.54) is 0 Å². The smallest absolute Gasteiger partial charge is 0.150 e. The number of rotatable bonds is 6. The van der Waals surface area contributed by atoms with Crippen LogP contribution in [0.2, 0.25) is 0 Å². The number of ketones is 1. The molecule has 0 radical (unpaired) electrons. The van der Waals surface area contributed by atoms with E-state index in [9.17, 15) is 13.2 Å². The largest absolute Gasteiger partial charge is 0.300 e. The molecule has 0 aromatic carbocycles. The highest BCUT2D eigenvalue weighted by Crippen LogP contribution is 2.08. The molecule has 13 heavy (non-hydrogen) atoms. The van der Waals surface area contributed by atoms with E-state index in [1.54, 1.807) is 13.8 Å². The molecule has 1 unspecified atom stereocenters. The predicted octanol–water partition coefficient (Wildman–Crippen LogP) is 1.43. The summed E-state index contributed by atoms with van der Waals surface area (Å²) in [4.78, 5) is 10.8. The molecule has 0 saturated carbocycles. The zero-order chi connectivity index (χ0) is 10.5. The van der Waals surface area contributed by atoms with Gasteiger partial charge < -0.3 is 0 Å². The minimum Gasteiger partial charge on any atom is -0.300 e. The van der Waals surface area contributed by atoms with Crippen LogP contribution in [-0.4, -0.2) is 25.7 Å². The van der Waals surface area contributed by atoms with Crippen molar-refractivity contribution in [3.63, 3.8) is 0 Å². The van der Waals surface area contributed by atoms with Gasteiger partial charge in [-0.05, 0) is 19.8 Å². The van der Waals surface area contributed by atoms with Crippen molar-refractivity contribution in [1.29, 1.82) is 0 Å². The standard InChI is InChI=1S/C9H18O3S/c1-4-13(11,12)7-5-6-8(2)9(3)10/h8H,4-7H2,1-3H3. The fourth-order valence-electron chi connectivity index (χ4n) is 0.957. The summed E-state index contributed by atoms with van der Waals surface area (Å²) in [7, 11) is -2.85. The van der Waals surface area contributed by atoms with E-state index >= 15 is 0 Å². The number of hydrogen-bond donors (Lipinski definition) is 0. The zero-order valence-electron chi connectivity index (χ0n) is 8.54. The maximum absolute atomic E-state index is 11.1. The van der Waals surface area contributed by atoms with Crippen LogP contribution in [0.3, 0.4) is 0 Å². The Bertz CT molecular complexity index is 254. The summed E-state index contributed by atoms with van der Waals surface area (Å²) in [5.74, 6) is 0.531. The summed E-state index contributed by atoms with van der Waals surface area (Å²) in [6.45, 7) is 5.02. The molecule has 0 spiro atoms. The summed E-state index contributed by atoms with van der Waals surface area (Å²) >= 11 is 0.